The number of benzene rings is 1. The van der Waals surface area contributed by atoms with Crippen LogP contribution in [0.3, 0.4) is 0 Å². The van der Waals surface area contributed by atoms with E-state index in [1.54, 1.807) is 24.3 Å². The van der Waals surface area contributed by atoms with Crippen LogP contribution in [0.15, 0.2) is 24.3 Å². The molecule has 0 unspecified atom stereocenters. The number of nitrogens with one attached hydrogen (secondary N) is 2. The van der Waals surface area contributed by atoms with E-state index in [9.17, 15) is 9.59 Å². The lowest BCUT2D eigenvalue weighted by molar-refractivity contribution is -0.124. The molecule has 2 rings (SSSR count). The van der Waals surface area contributed by atoms with Crippen molar-refractivity contribution in [3.8, 4) is 11.8 Å². The highest BCUT2D eigenvalue weighted by Gasteiger charge is 2.28. The van der Waals surface area contributed by atoms with Gasteiger partial charge in [-0.05, 0) is 25.0 Å². The highest BCUT2D eigenvalue weighted by molar-refractivity contribution is 5.81. The third-order valence-electron chi connectivity index (χ3n) is 3.06. The van der Waals surface area contributed by atoms with Gasteiger partial charge in [-0.25, -0.2) is 0 Å². The van der Waals surface area contributed by atoms with E-state index in [0.29, 0.717) is 24.4 Å². The van der Waals surface area contributed by atoms with E-state index in [1.165, 1.54) is 0 Å². The zero-order valence-electron chi connectivity index (χ0n) is 11.6. The van der Waals surface area contributed by atoms with Crippen LogP contribution < -0.4 is 15.4 Å². The molecule has 110 valence electrons. The third-order valence-corrected chi connectivity index (χ3v) is 3.06. The molecule has 2 N–H and O–H groups in total. The van der Waals surface area contributed by atoms with Crippen molar-refractivity contribution in [1.29, 1.82) is 5.26 Å². The summed E-state index contributed by atoms with van der Waals surface area (Å²) in [6.45, 7) is 0.617. The molecule has 6 heteroatoms. The fourth-order valence-corrected chi connectivity index (χ4v) is 1.76. The van der Waals surface area contributed by atoms with E-state index < -0.39 is 0 Å². The summed E-state index contributed by atoms with van der Waals surface area (Å²) in [6.07, 6.45) is 1.93. The molecule has 0 bridgehead atoms. The Morgan fingerprint density at radius 1 is 1.24 bits per heavy atom. The second kappa shape index (κ2) is 7.29. The van der Waals surface area contributed by atoms with E-state index in [4.69, 9.17) is 10.00 Å². The number of para-hydroxylation sites is 1. The van der Waals surface area contributed by atoms with Crippen molar-refractivity contribution >= 4 is 11.8 Å². The number of ether oxygens (including phenoxy) is 1. The minimum absolute atomic E-state index is 0.0587. The Bertz CT molecular complexity index is 562. The number of hydrogen-bond acceptors (Lipinski definition) is 4. The van der Waals surface area contributed by atoms with E-state index in [-0.39, 0.29) is 24.3 Å². The fourth-order valence-electron chi connectivity index (χ4n) is 1.76. The van der Waals surface area contributed by atoms with Gasteiger partial charge < -0.3 is 15.4 Å². The standard InChI is InChI=1S/C15H17N3O3/c16-9-12-3-1-2-4-13(12)21-10-14(19)17-7-8-18-15(20)11-5-6-11/h1-4,11H,5-8,10H2,(H,17,19)(H,18,20). The van der Waals surface area contributed by atoms with Crippen molar-refractivity contribution in [1.82, 2.24) is 10.6 Å². The average molecular weight is 287 g/mol. The lowest BCUT2D eigenvalue weighted by Crippen LogP contribution is -2.37. The van der Waals surface area contributed by atoms with Gasteiger partial charge in [0.05, 0.1) is 5.56 Å². The summed E-state index contributed by atoms with van der Waals surface area (Å²) >= 11 is 0. The van der Waals surface area contributed by atoms with Crippen LogP contribution in [0, 0.1) is 17.2 Å². The van der Waals surface area contributed by atoms with Crippen molar-refractivity contribution < 1.29 is 14.3 Å². The first-order valence-electron chi connectivity index (χ1n) is 6.87. The SMILES string of the molecule is N#Cc1ccccc1OCC(=O)NCCNC(=O)C1CC1. The maximum atomic E-state index is 11.6. The monoisotopic (exact) mass is 287 g/mol. The zero-order valence-corrected chi connectivity index (χ0v) is 11.6. The Labute approximate surface area is 123 Å². The molecule has 1 aromatic carbocycles. The first kappa shape index (κ1) is 14.9. The summed E-state index contributed by atoms with van der Waals surface area (Å²) in [5.74, 6) is 0.329. The molecule has 0 heterocycles. The van der Waals surface area contributed by atoms with Gasteiger partial charge in [0.25, 0.3) is 5.91 Å². The Morgan fingerprint density at radius 2 is 1.95 bits per heavy atom. The van der Waals surface area contributed by atoms with E-state index in [0.717, 1.165) is 12.8 Å². The second-order valence-electron chi connectivity index (χ2n) is 4.81. The molecular weight excluding hydrogens is 270 g/mol. The predicted molar refractivity (Wildman–Crippen MR) is 75.4 cm³/mol. The number of rotatable bonds is 7. The topological polar surface area (TPSA) is 91.2 Å². The van der Waals surface area contributed by atoms with Crippen molar-refractivity contribution in [2.24, 2.45) is 5.92 Å². The Kier molecular flexibility index (Phi) is 5.16. The number of carbonyl (C=O) groups excluding carboxylic acids is 2. The van der Waals surface area contributed by atoms with Gasteiger partial charge in [0, 0.05) is 19.0 Å². The van der Waals surface area contributed by atoms with Gasteiger partial charge in [-0.1, -0.05) is 12.1 Å². The first-order chi connectivity index (χ1) is 10.2. The predicted octanol–water partition coefficient (Wildman–Crippen LogP) is 0.579. The molecule has 2 amide bonds. The largest absolute Gasteiger partial charge is 0.482 e. The molecular formula is C15H17N3O3. The van der Waals surface area contributed by atoms with Gasteiger partial charge in [0.1, 0.15) is 11.8 Å². The lowest BCUT2D eigenvalue weighted by atomic mass is 10.2. The van der Waals surface area contributed by atoms with Crippen LogP contribution in [-0.2, 0) is 9.59 Å². The molecule has 0 spiro atoms. The van der Waals surface area contributed by atoms with Crippen LogP contribution in [0.25, 0.3) is 0 Å². The summed E-state index contributed by atoms with van der Waals surface area (Å²) in [5.41, 5.74) is 0.391. The molecule has 0 aromatic heterocycles. The summed E-state index contributed by atoms with van der Waals surface area (Å²) in [4.78, 5) is 22.9. The van der Waals surface area contributed by atoms with Crippen LogP contribution >= 0.6 is 0 Å². The molecule has 0 radical (unpaired) electrons. The smallest absolute Gasteiger partial charge is 0.258 e. The molecule has 0 aliphatic heterocycles. The van der Waals surface area contributed by atoms with Crippen molar-refractivity contribution in [3.63, 3.8) is 0 Å². The van der Waals surface area contributed by atoms with E-state index >= 15 is 0 Å². The molecule has 1 aliphatic carbocycles. The number of amides is 2. The summed E-state index contributed by atoms with van der Waals surface area (Å²) in [6, 6.07) is 8.73. The van der Waals surface area contributed by atoms with Gasteiger partial charge in [0.2, 0.25) is 5.91 Å². The van der Waals surface area contributed by atoms with Gasteiger partial charge in [-0.15, -0.1) is 0 Å². The average Bonchev–Trinajstić information content (AvgIpc) is 3.34. The maximum Gasteiger partial charge on any atom is 0.258 e. The quantitative estimate of drug-likeness (QED) is 0.718. The highest BCUT2D eigenvalue weighted by atomic mass is 16.5. The molecule has 21 heavy (non-hydrogen) atoms. The normalized spacial score (nSPS) is 13.1. The molecule has 1 fully saturated rings. The van der Waals surface area contributed by atoms with Crippen LogP contribution in [0.2, 0.25) is 0 Å². The second-order valence-corrected chi connectivity index (χ2v) is 4.81. The summed E-state index contributed by atoms with van der Waals surface area (Å²) in [7, 11) is 0. The Morgan fingerprint density at radius 3 is 2.67 bits per heavy atom. The summed E-state index contributed by atoms with van der Waals surface area (Å²) in [5, 5.41) is 14.3. The molecule has 0 atom stereocenters. The van der Waals surface area contributed by atoms with Crippen LogP contribution in [0.5, 0.6) is 5.75 Å². The fraction of sp³-hybridized carbons (Fsp3) is 0.400. The van der Waals surface area contributed by atoms with Gasteiger partial charge in [0.15, 0.2) is 6.61 Å². The maximum absolute atomic E-state index is 11.6. The minimum Gasteiger partial charge on any atom is -0.482 e. The van der Waals surface area contributed by atoms with Crippen molar-refractivity contribution in [2.75, 3.05) is 19.7 Å². The van der Waals surface area contributed by atoms with E-state index in [2.05, 4.69) is 10.6 Å². The number of nitrogens with zero attached hydrogens (tertiary/aromatic N) is 1. The molecule has 1 aliphatic rings. The Balaban J connectivity index is 1.63. The van der Waals surface area contributed by atoms with E-state index in [1.807, 2.05) is 6.07 Å². The number of nitriles is 1. The highest BCUT2D eigenvalue weighted by Crippen LogP contribution is 2.28. The lowest BCUT2D eigenvalue weighted by Gasteiger charge is -2.09. The number of carbonyl (C=O) groups is 2. The van der Waals surface area contributed by atoms with Crippen molar-refractivity contribution in [3.05, 3.63) is 29.8 Å². The van der Waals surface area contributed by atoms with Crippen LogP contribution in [0.4, 0.5) is 0 Å². The molecule has 1 saturated carbocycles. The van der Waals surface area contributed by atoms with Crippen LogP contribution in [-0.4, -0.2) is 31.5 Å². The third kappa shape index (κ3) is 4.80. The Hall–Kier alpha value is -2.55. The van der Waals surface area contributed by atoms with Crippen LogP contribution in [0.1, 0.15) is 18.4 Å². The van der Waals surface area contributed by atoms with Gasteiger partial charge >= 0.3 is 0 Å². The summed E-state index contributed by atoms with van der Waals surface area (Å²) < 4.78 is 5.29. The molecule has 0 saturated heterocycles. The zero-order chi connectivity index (χ0) is 15.1. The van der Waals surface area contributed by atoms with Gasteiger partial charge in [-0.2, -0.15) is 5.26 Å². The van der Waals surface area contributed by atoms with Gasteiger partial charge in [-0.3, -0.25) is 9.59 Å². The number of hydrogen-bond donors (Lipinski definition) is 2. The molecule has 6 nitrogen and oxygen atoms in total. The van der Waals surface area contributed by atoms with Crippen molar-refractivity contribution in [2.45, 2.75) is 12.8 Å². The minimum atomic E-state index is -0.289. The molecule has 1 aromatic rings. The first-order valence-corrected chi connectivity index (χ1v) is 6.87.